The standard InChI is InChI=1S/C23H20N4O2S/c1-15-4-3-5-17(12-15)23-26-19(14-30-23)13-20(28)25-18-8-6-16(7-9-18)21(29)22-24-10-11-27(22)2/h3-12,14H,13H2,1-2H3,(H,25,28). The summed E-state index contributed by atoms with van der Waals surface area (Å²) in [6.07, 6.45) is 3.51. The van der Waals surface area contributed by atoms with Gasteiger partial charge in [-0.05, 0) is 37.3 Å². The lowest BCUT2D eigenvalue weighted by Crippen LogP contribution is -2.15. The molecule has 30 heavy (non-hydrogen) atoms. The summed E-state index contributed by atoms with van der Waals surface area (Å²) < 4.78 is 1.68. The Hall–Kier alpha value is -3.58. The predicted molar refractivity (Wildman–Crippen MR) is 118 cm³/mol. The first-order valence-corrected chi connectivity index (χ1v) is 10.3. The van der Waals surface area contributed by atoms with Crippen molar-refractivity contribution >= 4 is 28.7 Å². The Morgan fingerprint density at radius 2 is 1.93 bits per heavy atom. The lowest BCUT2D eigenvalue weighted by Gasteiger charge is -2.06. The zero-order chi connectivity index (χ0) is 21.1. The van der Waals surface area contributed by atoms with Gasteiger partial charge in [0, 0.05) is 41.6 Å². The van der Waals surface area contributed by atoms with Crippen molar-refractivity contribution in [2.24, 2.45) is 7.05 Å². The van der Waals surface area contributed by atoms with Gasteiger partial charge in [-0.2, -0.15) is 0 Å². The Bertz CT molecular complexity index is 1210. The number of thiazole rings is 1. The van der Waals surface area contributed by atoms with Crippen LogP contribution in [0.3, 0.4) is 0 Å². The Balaban J connectivity index is 1.39. The molecule has 0 radical (unpaired) electrons. The number of hydrogen-bond acceptors (Lipinski definition) is 5. The molecule has 0 bridgehead atoms. The highest BCUT2D eigenvalue weighted by Gasteiger charge is 2.14. The molecule has 0 aliphatic heterocycles. The Morgan fingerprint density at radius 1 is 1.13 bits per heavy atom. The van der Waals surface area contributed by atoms with E-state index in [-0.39, 0.29) is 18.1 Å². The van der Waals surface area contributed by atoms with E-state index in [1.165, 1.54) is 16.9 Å². The maximum Gasteiger partial charge on any atom is 0.230 e. The second kappa shape index (κ2) is 8.42. The maximum absolute atomic E-state index is 12.5. The molecule has 0 fully saturated rings. The third kappa shape index (κ3) is 4.36. The van der Waals surface area contributed by atoms with Crippen LogP contribution in [0.4, 0.5) is 5.69 Å². The van der Waals surface area contributed by atoms with Crippen molar-refractivity contribution in [1.29, 1.82) is 0 Å². The molecule has 1 amide bonds. The van der Waals surface area contributed by atoms with Gasteiger partial charge in [0.1, 0.15) is 5.01 Å². The Labute approximate surface area is 178 Å². The third-order valence-electron chi connectivity index (χ3n) is 4.61. The largest absolute Gasteiger partial charge is 0.331 e. The van der Waals surface area contributed by atoms with Crippen molar-refractivity contribution in [1.82, 2.24) is 14.5 Å². The summed E-state index contributed by atoms with van der Waals surface area (Å²) >= 11 is 1.53. The number of imidazole rings is 1. The van der Waals surface area contributed by atoms with E-state index in [0.29, 0.717) is 17.1 Å². The van der Waals surface area contributed by atoms with Gasteiger partial charge in [0.05, 0.1) is 12.1 Å². The SMILES string of the molecule is Cc1cccc(-c2nc(CC(=O)Nc3ccc(C(=O)c4nccn4C)cc3)cs2)c1. The zero-order valence-corrected chi connectivity index (χ0v) is 17.4. The van der Waals surface area contributed by atoms with Crippen LogP contribution >= 0.6 is 11.3 Å². The number of benzene rings is 2. The number of carbonyl (C=O) groups excluding carboxylic acids is 2. The normalized spacial score (nSPS) is 10.7. The van der Waals surface area contributed by atoms with Gasteiger partial charge in [-0.25, -0.2) is 9.97 Å². The summed E-state index contributed by atoms with van der Waals surface area (Å²) in [4.78, 5) is 33.5. The number of amides is 1. The average Bonchev–Trinajstić information content (AvgIpc) is 3.37. The number of aromatic nitrogens is 3. The van der Waals surface area contributed by atoms with Crippen molar-refractivity contribution in [2.45, 2.75) is 13.3 Å². The zero-order valence-electron chi connectivity index (χ0n) is 16.6. The van der Waals surface area contributed by atoms with Crippen LogP contribution in [-0.4, -0.2) is 26.2 Å². The van der Waals surface area contributed by atoms with Gasteiger partial charge in [-0.3, -0.25) is 9.59 Å². The molecule has 0 aliphatic carbocycles. The fourth-order valence-electron chi connectivity index (χ4n) is 3.09. The quantitative estimate of drug-likeness (QED) is 0.477. The van der Waals surface area contributed by atoms with Gasteiger partial charge in [-0.15, -0.1) is 11.3 Å². The fourth-order valence-corrected chi connectivity index (χ4v) is 3.90. The van der Waals surface area contributed by atoms with Gasteiger partial charge in [0.2, 0.25) is 11.7 Å². The van der Waals surface area contributed by atoms with Crippen LogP contribution in [0.25, 0.3) is 10.6 Å². The molecule has 2 aromatic heterocycles. The minimum Gasteiger partial charge on any atom is -0.331 e. The molecule has 2 heterocycles. The van der Waals surface area contributed by atoms with Gasteiger partial charge < -0.3 is 9.88 Å². The number of rotatable bonds is 6. The molecule has 0 atom stereocenters. The summed E-state index contributed by atoms with van der Waals surface area (Å²) in [6.45, 7) is 2.04. The van der Waals surface area contributed by atoms with Crippen LogP contribution in [0.2, 0.25) is 0 Å². The molecule has 1 N–H and O–H groups in total. The Morgan fingerprint density at radius 3 is 2.63 bits per heavy atom. The van der Waals surface area contributed by atoms with Crippen LogP contribution < -0.4 is 5.32 Å². The third-order valence-corrected chi connectivity index (χ3v) is 5.55. The van der Waals surface area contributed by atoms with Gasteiger partial charge in [0.25, 0.3) is 0 Å². The smallest absolute Gasteiger partial charge is 0.230 e. The van der Waals surface area contributed by atoms with Crippen LogP contribution in [0, 0.1) is 6.92 Å². The summed E-state index contributed by atoms with van der Waals surface area (Å²) in [7, 11) is 1.78. The highest BCUT2D eigenvalue weighted by molar-refractivity contribution is 7.13. The number of carbonyl (C=O) groups is 2. The molecule has 2 aromatic carbocycles. The van der Waals surface area contributed by atoms with Crippen LogP contribution in [-0.2, 0) is 18.3 Å². The van der Waals surface area contributed by atoms with Crippen molar-refractivity contribution in [3.8, 4) is 10.6 Å². The minimum atomic E-state index is -0.161. The van der Waals surface area contributed by atoms with Gasteiger partial charge in [0.15, 0.2) is 5.82 Å². The summed E-state index contributed by atoms with van der Waals surface area (Å²) in [5.41, 5.74) is 4.11. The van der Waals surface area contributed by atoms with Gasteiger partial charge >= 0.3 is 0 Å². The first kappa shape index (κ1) is 19.7. The van der Waals surface area contributed by atoms with E-state index in [1.54, 1.807) is 48.3 Å². The van der Waals surface area contributed by atoms with Crippen molar-refractivity contribution in [3.63, 3.8) is 0 Å². The van der Waals surface area contributed by atoms with E-state index in [9.17, 15) is 9.59 Å². The van der Waals surface area contributed by atoms with Crippen LogP contribution in [0.1, 0.15) is 27.4 Å². The molecular formula is C23H20N4O2S. The van der Waals surface area contributed by atoms with Crippen molar-refractivity contribution in [2.75, 3.05) is 5.32 Å². The molecular weight excluding hydrogens is 396 g/mol. The molecule has 4 aromatic rings. The second-order valence-electron chi connectivity index (χ2n) is 7.01. The highest BCUT2D eigenvalue weighted by Crippen LogP contribution is 2.24. The molecule has 7 heteroatoms. The fraction of sp³-hybridized carbons (Fsp3) is 0.130. The van der Waals surface area contributed by atoms with E-state index >= 15 is 0 Å². The molecule has 0 unspecified atom stereocenters. The number of ketones is 1. The number of anilines is 1. The van der Waals surface area contributed by atoms with E-state index in [0.717, 1.165) is 16.3 Å². The molecule has 0 spiro atoms. The van der Waals surface area contributed by atoms with Crippen molar-refractivity contribution < 1.29 is 9.59 Å². The monoisotopic (exact) mass is 416 g/mol. The number of aryl methyl sites for hydroxylation is 2. The molecule has 4 rings (SSSR count). The molecule has 0 aliphatic rings. The molecule has 0 saturated heterocycles. The van der Waals surface area contributed by atoms with E-state index in [1.807, 2.05) is 30.5 Å². The number of nitrogens with one attached hydrogen (secondary N) is 1. The summed E-state index contributed by atoms with van der Waals surface area (Å²) in [5, 5.41) is 5.66. The molecule has 6 nitrogen and oxygen atoms in total. The maximum atomic E-state index is 12.5. The average molecular weight is 417 g/mol. The summed E-state index contributed by atoms with van der Waals surface area (Å²) in [5.74, 6) is 0.0607. The van der Waals surface area contributed by atoms with E-state index in [4.69, 9.17) is 0 Å². The topological polar surface area (TPSA) is 76.9 Å². The molecule has 150 valence electrons. The van der Waals surface area contributed by atoms with E-state index in [2.05, 4.69) is 21.4 Å². The first-order valence-electron chi connectivity index (χ1n) is 9.43. The van der Waals surface area contributed by atoms with Gasteiger partial charge in [-0.1, -0.05) is 23.8 Å². The lowest BCUT2D eigenvalue weighted by molar-refractivity contribution is -0.115. The van der Waals surface area contributed by atoms with E-state index < -0.39 is 0 Å². The summed E-state index contributed by atoms with van der Waals surface area (Å²) in [6, 6.07) is 14.9. The molecule has 0 saturated carbocycles. The predicted octanol–water partition coefficient (Wildman–Crippen LogP) is 4.26. The van der Waals surface area contributed by atoms with Crippen molar-refractivity contribution in [3.05, 3.63) is 88.9 Å². The Kier molecular flexibility index (Phi) is 5.54. The second-order valence-corrected chi connectivity index (χ2v) is 7.86. The highest BCUT2D eigenvalue weighted by atomic mass is 32.1. The minimum absolute atomic E-state index is 0.153. The first-order chi connectivity index (χ1) is 14.5. The lowest BCUT2D eigenvalue weighted by atomic mass is 10.1. The number of hydrogen-bond donors (Lipinski definition) is 1. The van der Waals surface area contributed by atoms with Crippen LogP contribution in [0.5, 0.6) is 0 Å². The number of nitrogens with zero attached hydrogens (tertiary/aromatic N) is 3. The van der Waals surface area contributed by atoms with Crippen LogP contribution in [0.15, 0.2) is 66.3 Å².